The lowest BCUT2D eigenvalue weighted by Crippen LogP contribution is -2.18. The number of hydrogen-bond acceptors (Lipinski definition) is 3. The van der Waals surface area contributed by atoms with Gasteiger partial charge in [-0.2, -0.15) is 5.10 Å². The van der Waals surface area contributed by atoms with Gasteiger partial charge >= 0.3 is 0 Å². The monoisotopic (exact) mass is 384 g/mol. The van der Waals surface area contributed by atoms with E-state index in [-0.39, 0.29) is 17.6 Å². The van der Waals surface area contributed by atoms with Gasteiger partial charge < -0.3 is 10.6 Å². The number of carbonyl (C=O) groups is 1. The van der Waals surface area contributed by atoms with Crippen LogP contribution < -0.4 is 10.6 Å². The van der Waals surface area contributed by atoms with Crippen LogP contribution in [-0.2, 0) is 11.3 Å². The lowest BCUT2D eigenvalue weighted by molar-refractivity contribution is -0.114. The standard InChI is InChI=1S/C21H22F2N4O/c1-13(24-11-16-4-7-18(8-5-16)26-15(3)28)19-12-25-27(14(19)2)21-9-6-17(22)10-20(21)23/h4-10,12-13,24H,11H2,1-3H3,(H,26,28). The summed E-state index contributed by atoms with van der Waals surface area (Å²) in [6.45, 7) is 5.95. The summed E-state index contributed by atoms with van der Waals surface area (Å²) in [5.41, 5.74) is 3.74. The van der Waals surface area contributed by atoms with Crippen molar-refractivity contribution in [1.82, 2.24) is 15.1 Å². The lowest BCUT2D eigenvalue weighted by Gasteiger charge is -2.15. The first-order chi connectivity index (χ1) is 13.3. The third-order valence-electron chi connectivity index (χ3n) is 4.54. The van der Waals surface area contributed by atoms with Crippen molar-refractivity contribution in [3.8, 4) is 5.69 Å². The van der Waals surface area contributed by atoms with E-state index in [0.717, 1.165) is 28.6 Å². The highest BCUT2D eigenvalue weighted by molar-refractivity contribution is 5.88. The molecular formula is C21H22F2N4O. The maximum atomic E-state index is 14.1. The van der Waals surface area contributed by atoms with Gasteiger partial charge in [-0.05, 0) is 43.7 Å². The number of hydrogen-bond donors (Lipinski definition) is 2. The highest BCUT2D eigenvalue weighted by Crippen LogP contribution is 2.22. The fraction of sp³-hybridized carbons (Fsp3) is 0.238. The molecule has 1 aromatic heterocycles. The number of amides is 1. The van der Waals surface area contributed by atoms with Crippen molar-refractivity contribution in [1.29, 1.82) is 0 Å². The number of nitrogens with zero attached hydrogens (tertiary/aromatic N) is 2. The number of benzene rings is 2. The maximum absolute atomic E-state index is 14.1. The molecule has 146 valence electrons. The SMILES string of the molecule is CC(=O)Nc1ccc(CNC(C)c2cnn(-c3ccc(F)cc3F)c2C)cc1. The van der Waals surface area contributed by atoms with Crippen LogP contribution in [0.5, 0.6) is 0 Å². The van der Waals surface area contributed by atoms with E-state index in [1.54, 1.807) is 6.20 Å². The molecule has 0 saturated carbocycles. The van der Waals surface area contributed by atoms with Gasteiger partial charge in [0.05, 0.1) is 6.20 Å². The molecule has 0 spiro atoms. The molecule has 1 amide bonds. The summed E-state index contributed by atoms with van der Waals surface area (Å²) in [4.78, 5) is 11.1. The van der Waals surface area contributed by atoms with Crippen molar-refractivity contribution >= 4 is 11.6 Å². The normalized spacial score (nSPS) is 12.0. The largest absolute Gasteiger partial charge is 0.326 e. The van der Waals surface area contributed by atoms with Crippen molar-refractivity contribution in [2.45, 2.75) is 33.4 Å². The first-order valence-electron chi connectivity index (χ1n) is 8.95. The van der Waals surface area contributed by atoms with Gasteiger partial charge in [-0.25, -0.2) is 13.5 Å². The molecule has 0 aliphatic carbocycles. The van der Waals surface area contributed by atoms with Crippen molar-refractivity contribution in [3.05, 3.63) is 77.1 Å². The Morgan fingerprint density at radius 2 is 1.89 bits per heavy atom. The summed E-state index contributed by atoms with van der Waals surface area (Å²) in [5, 5.41) is 10.4. The summed E-state index contributed by atoms with van der Waals surface area (Å²) >= 11 is 0. The molecule has 0 aliphatic rings. The third kappa shape index (κ3) is 4.43. The zero-order chi connectivity index (χ0) is 20.3. The van der Waals surface area contributed by atoms with E-state index in [1.165, 1.54) is 23.7 Å². The van der Waals surface area contributed by atoms with Gasteiger partial charge in [0.1, 0.15) is 11.5 Å². The highest BCUT2D eigenvalue weighted by atomic mass is 19.1. The Kier molecular flexibility index (Phi) is 5.84. The molecule has 5 nitrogen and oxygen atoms in total. The molecule has 2 aromatic carbocycles. The molecule has 0 saturated heterocycles. The molecule has 0 radical (unpaired) electrons. The Balaban J connectivity index is 1.69. The van der Waals surface area contributed by atoms with Gasteiger partial charge in [-0.15, -0.1) is 0 Å². The zero-order valence-corrected chi connectivity index (χ0v) is 16.0. The Morgan fingerprint density at radius 3 is 2.54 bits per heavy atom. The number of anilines is 1. The average Bonchev–Trinajstić information content (AvgIpc) is 3.02. The number of rotatable bonds is 6. The van der Waals surface area contributed by atoms with E-state index in [1.807, 2.05) is 38.1 Å². The lowest BCUT2D eigenvalue weighted by atomic mass is 10.1. The minimum Gasteiger partial charge on any atom is -0.326 e. The topological polar surface area (TPSA) is 59.0 Å². The van der Waals surface area contributed by atoms with E-state index in [2.05, 4.69) is 15.7 Å². The zero-order valence-electron chi connectivity index (χ0n) is 16.0. The first-order valence-corrected chi connectivity index (χ1v) is 8.95. The van der Waals surface area contributed by atoms with Gasteiger partial charge in [0, 0.05) is 42.5 Å². The van der Waals surface area contributed by atoms with Crippen LogP contribution in [0.15, 0.2) is 48.7 Å². The second kappa shape index (κ2) is 8.31. The van der Waals surface area contributed by atoms with Crippen LogP contribution in [-0.4, -0.2) is 15.7 Å². The van der Waals surface area contributed by atoms with Crippen molar-refractivity contribution in [3.63, 3.8) is 0 Å². The average molecular weight is 384 g/mol. The molecule has 3 rings (SSSR count). The maximum Gasteiger partial charge on any atom is 0.221 e. The quantitative estimate of drug-likeness (QED) is 0.667. The van der Waals surface area contributed by atoms with Gasteiger partial charge in [0.15, 0.2) is 5.82 Å². The molecule has 2 N–H and O–H groups in total. The molecule has 28 heavy (non-hydrogen) atoms. The van der Waals surface area contributed by atoms with E-state index in [0.29, 0.717) is 6.54 Å². The third-order valence-corrected chi connectivity index (χ3v) is 4.54. The summed E-state index contributed by atoms with van der Waals surface area (Å²) in [6.07, 6.45) is 1.69. The van der Waals surface area contributed by atoms with Crippen LogP contribution >= 0.6 is 0 Å². The molecule has 7 heteroatoms. The summed E-state index contributed by atoms with van der Waals surface area (Å²) in [6, 6.07) is 11.0. The summed E-state index contributed by atoms with van der Waals surface area (Å²) in [7, 11) is 0. The van der Waals surface area contributed by atoms with Crippen molar-refractivity contribution < 1.29 is 13.6 Å². The number of halogens is 2. The fourth-order valence-corrected chi connectivity index (χ4v) is 3.03. The van der Waals surface area contributed by atoms with E-state index < -0.39 is 11.6 Å². The van der Waals surface area contributed by atoms with E-state index in [4.69, 9.17) is 0 Å². The minimum atomic E-state index is -0.655. The molecule has 1 unspecified atom stereocenters. The Hall–Kier alpha value is -3.06. The number of nitrogens with one attached hydrogen (secondary N) is 2. The van der Waals surface area contributed by atoms with Gasteiger partial charge in [-0.1, -0.05) is 12.1 Å². The van der Waals surface area contributed by atoms with Gasteiger partial charge in [-0.3, -0.25) is 4.79 Å². The molecule has 1 atom stereocenters. The van der Waals surface area contributed by atoms with Crippen LogP contribution in [0.25, 0.3) is 5.69 Å². The van der Waals surface area contributed by atoms with Gasteiger partial charge in [0.2, 0.25) is 5.91 Å². The second-order valence-electron chi connectivity index (χ2n) is 6.67. The van der Waals surface area contributed by atoms with Crippen LogP contribution in [0.1, 0.15) is 36.7 Å². The number of aromatic nitrogens is 2. The Bertz CT molecular complexity index is 983. The van der Waals surface area contributed by atoms with Crippen LogP contribution in [0.4, 0.5) is 14.5 Å². The van der Waals surface area contributed by atoms with Crippen molar-refractivity contribution in [2.24, 2.45) is 0 Å². The minimum absolute atomic E-state index is 0.0210. The Labute approximate surface area is 162 Å². The smallest absolute Gasteiger partial charge is 0.221 e. The predicted octanol–water partition coefficient (Wildman–Crippen LogP) is 4.27. The summed E-state index contributed by atoms with van der Waals surface area (Å²) < 4.78 is 28.7. The molecular weight excluding hydrogens is 362 g/mol. The van der Waals surface area contributed by atoms with Gasteiger partial charge in [0.25, 0.3) is 0 Å². The highest BCUT2D eigenvalue weighted by Gasteiger charge is 2.16. The Morgan fingerprint density at radius 1 is 1.18 bits per heavy atom. The molecule has 1 heterocycles. The van der Waals surface area contributed by atoms with Crippen LogP contribution in [0.3, 0.4) is 0 Å². The van der Waals surface area contributed by atoms with E-state index >= 15 is 0 Å². The fourth-order valence-electron chi connectivity index (χ4n) is 3.03. The molecule has 3 aromatic rings. The predicted molar refractivity (Wildman–Crippen MR) is 104 cm³/mol. The summed E-state index contributed by atoms with van der Waals surface area (Å²) in [5.74, 6) is -1.38. The first kappa shape index (κ1) is 19.7. The van der Waals surface area contributed by atoms with Crippen molar-refractivity contribution in [2.75, 3.05) is 5.32 Å². The molecule has 0 fully saturated rings. The number of carbonyl (C=O) groups excluding carboxylic acids is 1. The van der Waals surface area contributed by atoms with Crippen LogP contribution in [0.2, 0.25) is 0 Å². The van der Waals surface area contributed by atoms with Crippen LogP contribution in [0, 0.1) is 18.6 Å². The second-order valence-corrected chi connectivity index (χ2v) is 6.67. The molecule has 0 bridgehead atoms. The molecule has 0 aliphatic heterocycles. The van der Waals surface area contributed by atoms with E-state index in [9.17, 15) is 13.6 Å².